The first-order valence-corrected chi connectivity index (χ1v) is 7.26. The fourth-order valence-corrected chi connectivity index (χ4v) is 2.66. The molecule has 6 heteroatoms. The van der Waals surface area contributed by atoms with Crippen LogP contribution in [0.4, 0.5) is 0 Å². The lowest BCUT2D eigenvalue weighted by Gasteiger charge is -2.09. The van der Waals surface area contributed by atoms with E-state index >= 15 is 0 Å². The molecule has 0 fully saturated rings. The Morgan fingerprint density at radius 1 is 1.10 bits per heavy atom. The van der Waals surface area contributed by atoms with Crippen LogP contribution in [0.1, 0.15) is 18.9 Å². The highest BCUT2D eigenvalue weighted by Gasteiger charge is 2.13. The second kappa shape index (κ2) is 6.61. The first kappa shape index (κ1) is 15.4. The van der Waals surface area contributed by atoms with Crippen molar-refractivity contribution in [1.29, 1.82) is 0 Å². The zero-order chi connectivity index (χ0) is 14.7. The standard InChI is InChI=1S/C14H13Cl3N2O/c1-3-4-9-12(16)18-14(19-13(9)17)8-5-6-11(20-2)10(15)7-8/h5-7H,3-4H2,1-2H3. The van der Waals surface area contributed by atoms with E-state index in [0.717, 1.165) is 24.0 Å². The molecule has 2 rings (SSSR count). The SMILES string of the molecule is CCCc1c(Cl)nc(-c2ccc(OC)c(Cl)c2)nc1Cl. The van der Waals surface area contributed by atoms with Crippen LogP contribution >= 0.6 is 34.8 Å². The number of rotatable bonds is 4. The largest absolute Gasteiger partial charge is 0.495 e. The third-order valence-corrected chi connectivity index (χ3v) is 3.74. The summed E-state index contributed by atoms with van der Waals surface area (Å²) >= 11 is 18.4. The topological polar surface area (TPSA) is 35.0 Å². The molecule has 1 aromatic carbocycles. The van der Waals surface area contributed by atoms with E-state index in [1.54, 1.807) is 19.2 Å². The summed E-state index contributed by atoms with van der Waals surface area (Å²) in [5.41, 5.74) is 1.52. The highest BCUT2D eigenvalue weighted by atomic mass is 35.5. The molecule has 0 saturated heterocycles. The Morgan fingerprint density at radius 3 is 2.25 bits per heavy atom. The molecule has 2 aromatic rings. The van der Waals surface area contributed by atoms with Gasteiger partial charge in [0.25, 0.3) is 0 Å². The van der Waals surface area contributed by atoms with E-state index in [1.807, 2.05) is 13.0 Å². The summed E-state index contributed by atoms with van der Waals surface area (Å²) < 4.78 is 5.11. The fourth-order valence-electron chi connectivity index (χ4n) is 1.82. The van der Waals surface area contributed by atoms with Gasteiger partial charge in [-0.15, -0.1) is 0 Å². The molecular formula is C14H13Cl3N2O. The molecule has 0 aliphatic heterocycles. The van der Waals surface area contributed by atoms with Crippen LogP contribution in [0.25, 0.3) is 11.4 Å². The maximum absolute atomic E-state index is 6.17. The number of ether oxygens (including phenoxy) is 1. The van der Waals surface area contributed by atoms with Crippen molar-refractivity contribution >= 4 is 34.8 Å². The highest BCUT2D eigenvalue weighted by molar-refractivity contribution is 6.34. The van der Waals surface area contributed by atoms with Crippen LogP contribution in [-0.4, -0.2) is 17.1 Å². The maximum Gasteiger partial charge on any atom is 0.162 e. The molecule has 0 atom stereocenters. The lowest BCUT2D eigenvalue weighted by Crippen LogP contribution is -1.97. The molecule has 0 saturated carbocycles. The molecule has 0 radical (unpaired) electrons. The van der Waals surface area contributed by atoms with Crippen molar-refractivity contribution in [2.45, 2.75) is 19.8 Å². The zero-order valence-electron chi connectivity index (χ0n) is 11.1. The number of hydrogen-bond acceptors (Lipinski definition) is 3. The number of hydrogen-bond donors (Lipinski definition) is 0. The summed E-state index contributed by atoms with van der Waals surface area (Å²) in [4.78, 5) is 8.58. The minimum absolute atomic E-state index is 0.383. The molecule has 0 spiro atoms. The smallest absolute Gasteiger partial charge is 0.162 e. The van der Waals surface area contributed by atoms with E-state index in [2.05, 4.69) is 9.97 Å². The second-order valence-corrected chi connectivity index (χ2v) is 5.33. The summed E-state index contributed by atoms with van der Waals surface area (Å²) in [5, 5.41) is 1.25. The minimum Gasteiger partial charge on any atom is -0.495 e. The third-order valence-electron chi connectivity index (χ3n) is 2.82. The van der Waals surface area contributed by atoms with Gasteiger partial charge in [-0.05, 0) is 24.6 Å². The van der Waals surface area contributed by atoms with Crippen molar-refractivity contribution in [1.82, 2.24) is 9.97 Å². The molecule has 0 aliphatic rings. The van der Waals surface area contributed by atoms with Crippen molar-refractivity contribution in [3.8, 4) is 17.1 Å². The van der Waals surface area contributed by atoms with Gasteiger partial charge in [0.15, 0.2) is 5.82 Å². The lowest BCUT2D eigenvalue weighted by molar-refractivity contribution is 0.415. The molecule has 0 unspecified atom stereocenters. The average Bonchev–Trinajstić information content (AvgIpc) is 2.42. The normalized spacial score (nSPS) is 10.7. The Bertz CT molecular complexity index is 609. The molecular weight excluding hydrogens is 319 g/mol. The highest BCUT2D eigenvalue weighted by Crippen LogP contribution is 2.31. The molecule has 106 valence electrons. The molecule has 0 bridgehead atoms. The van der Waals surface area contributed by atoms with E-state index in [4.69, 9.17) is 39.5 Å². The van der Waals surface area contributed by atoms with Crippen molar-refractivity contribution in [3.63, 3.8) is 0 Å². The quantitative estimate of drug-likeness (QED) is 0.734. The predicted molar refractivity (Wildman–Crippen MR) is 83.0 cm³/mol. The van der Waals surface area contributed by atoms with Crippen LogP contribution < -0.4 is 4.74 Å². The number of benzene rings is 1. The third kappa shape index (κ3) is 3.17. The summed E-state index contributed by atoms with van der Waals surface area (Å²) in [6, 6.07) is 5.29. The molecule has 3 nitrogen and oxygen atoms in total. The Kier molecular flexibility index (Phi) is 5.08. The second-order valence-electron chi connectivity index (χ2n) is 4.21. The summed E-state index contributed by atoms with van der Waals surface area (Å²) in [6.45, 7) is 2.05. The monoisotopic (exact) mass is 330 g/mol. The zero-order valence-corrected chi connectivity index (χ0v) is 13.4. The van der Waals surface area contributed by atoms with E-state index in [1.165, 1.54) is 0 Å². The lowest BCUT2D eigenvalue weighted by atomic mass is 10.1. The van der Waals surface area contributed by atoms with Crippen molar-refractivity contribution < 1.29 is 4.74 Å². The molecule has 0 amide bonds. The molecule has 0 aliphatic carbocycles. The summed E-state index contributed by atoms with van der Waals surface area (Å²) in [6.07, 6.45) is 1.68. The maximum atomic E-state index is 6.17. The number of methoxy groups -OCH3 is 1. The van der Waals surface area contributed by atoms with Crippen molar-refractivity contribution in [2.24, 2.45) is 0 Å². The summed E-state index contributed by atoms with van der Waals surface area (Å²) in [5.74, 6) is 1.04. The van der Waals surface area contributed by atoms with E-state index in [0.29, 0.717) is 26.9 Å². The number of nitrogens with zero attached hydrogens (tertiary/aromatic N) is 2. The Balaban J connectivity index is 2.46. The van der Waals surface area contributed by atoms with Gasteiger partial charge in [-0.25, -0.2) is 9.97 Å². The molecule has 0 N–H and O–H groups in total. The van der Waals surface area contributed by atoms with Gasteiger partial charge in [-0.1, -0.05) is 48.1 Å². The summed E-state index contributed by atoms with van der Waals surface area (Å²) in [7, 11) is 1.56. The number of halogens is 3. The Hall–Kier alpha value is -1.03. The van der Waals surface area contributed by atoms with Crippen LogP contribution in [0, 0.1) is 0 Å². The Morgan fingerprint density at radius 2 is 1.75 bits per heavy atom. The van der Waals surface area contributed by atoms with Gasteiger partial charge >= 0.3 is 0 Å². The van der Waals surface area contributed by atoms with E-state index < -0.39 is 0 Å². The van der Waals surface area contributed by atoms with Gasteiger partial charge in [-0.2, -0.15) is 0 Å². The molecule has 1 aromatic heterocycles. The predicted octanol–water partition coefficient (Wildman–Crippen LogP) is 5.06. The van der Waals surface area contributed by atoms with Crippen molar-refractivity contribution in [2.75, 3.05) is 7.11 Å². The average molecular weight is 332 g/mol. The number of aromatic nitrogens is 2. The molecule has 20 heavy (non-hydrogen) atoms. The van der Waals surface area contributed by atoms with Gasteiger partial charge in [0.05, 0.1) is 12.1 Å². The van der Waals surface area contributed by atoms with Gasteiger partial charge in [-0.3, -0.25) is 0 Å². The van der Waals surface area contributed by atoms with Crippen LogP contribution in [0.5, 0.6) is 5.75 Å². The first-order valence-electron chi connectivity index (χ1n) is 6.12. The molecule has 1 heterocycles. The van der Waals surface area contributed by atoms with Gasteiger partial charge < -0.3 is 4.74 Å². The van der Waals surface area contributed by atoms with Gasteiger partial charge in [0, 0.05) is 11.1 Å². The first-order chi connectivity index (χ1) is 9.56. The van der Waals surface area contributed by atoms with Crippen molar-refractivity contribution in [3.05, 3.63) is 39.1 Å². The van der Waals surface area contributed by atoms with Crippen LogP contribution in [0.3, 0.4) is 0 Å². The van der Waals surface area contributed by atoms with Crippen LogP contribution in [0.2, 0.25) is 15.3 Å². The van der Waals surface area contributed by atoms with E-state index in [9.17, 15) is 0 Å². The van der Waals surface area contributed by atoms with Gasteiger partial charge in [0.1, 0.15) is 16.1 Å². The fraction of sp³-hybridized carbons (Fsp3) is 0.286. The van der Waals surface area contributed by atoms with Gasteiger partial charge in [0.2, 0.25) is 0 Å². The van der Waals surface area contributed by atoms with Crippen LogP contribution in [-0.2, 0) is 6.42 Å². The Labute approximate surface area is 132 Å². The minimum atomic E-state index is 0.383. The van der Waals surface area contributed by atoms with Crippen LogP contribution in [0.15, 0.2) is 18.2 Å². The van der Waals surface area contributed by atoms with E-state index in [-0.39, 0.29) is 0 Å².